The van der Waals surface area contributed by atoms with Crippen LogP contribution in [0.25, 0.3) is 0 Å². The van der Waals surface area contributed by atoms with Gasteiger partial charge >= 0.3 is 0 Å². The van der Waals surface area contributed by atoms with Crippen molar-refractivity contribution in [2.75, 3.05) is 20.6 Å². The maximum Gasteiger partial charge on any atom is 0.132 e. The summed E-state index contributed by atoms with van der Waals surface area (Å²) in [5, 5.41) is 10.4. The summed E-state index contributed by atoms with van der Waals surface area (Å²) in [6.07, 6.45) is 14.2. The summed E-state index contributed by atoms with van der Waals surface area (Å²) in [6.45, 7) is 3.07. The first-order chi connectivity index (χ1) is 11.6. The summed E-state index contributed by atoms with van der Waals surface area (Å²) < 4.78 is 0.750. The van der Waals surface area contributed by atoms with Crippen molar-refractivity contribution >= 4 is 5.69 Å². The Morgan fingerprint density at radius 1 is 0.800 bits per heavy atom. The molecule has 1 aromatic rings. The summed E-state index contributed by atoms with van der Waals surface area (Å²) in [7, 11) is 4.36. The van der Waals surface area contributed by atoms with E-state index < -0.39 is 0 Å². The molecule has 0 aliphatic carbocycles. The van der Waals surface area contributed by atoms with Crippen LogP contribution in [-0.2, 0) is 0 Å². The number of aliphatic hydroxyl groups is 1. The molecule has 0 heterocycles. The number of rotatable bonds is 14. The van der Waals surface area contributed by atoms with Gasteiger partial charge in [-0.2, -0.15) is 0 Å². The first-order valence-electron chi connectivity index (χ1n) is 10.1. The summed E-state index contributed by atoms with van der Waals surface area (Å²) in [5.41, 5.74) is 1.26. The van der Waals surface area contributed by atoms with E-state index in [9.17, 15) is 5.11 Å². The largest absolute Gasteiger partial charge is 1.00 e. The van der Waals surface area contributed by atoms with Gasteiger partial charge < -0.3 is 17.5 Å². The third-order valence-corrected chi connectivity index (χ3v) is 5.01. The first kappa shape index (κ1) is 24.4. The number of hydrogen-bond acceptors (Lipinski definition) is 1. The average Bonchev–Trinajstić information content (AvgIpc) is 2.57. The van der Waals surface area contributed by atoms with Gasteiger partial charge in [0, 0.05) is 0 Å². The van der Waals surface area contributed by atoms with Crippen molar-refractivity contribution in [1.82, 2.24) is 4.48 Å². The van der Waals surface area contributed by atoms with Gasteiger partial charge in [0.25, 0.3) is 0 Å². The molecular weight excluding hydrogens is 330 g/mol. The minimum absolute atomic E-state index is 0. The molecule has 0 radical (unpaired) electrons. The van der Waals surface area contributed by atoms with Crippen molar-refractivity contribution in [3.63, 3.8) is 0 Å². The maximum atomic E-state index is 10.4. The van der Waals surface area contributed by atoms with E-state index in [0.717, 1.165) is 23.9 Å². The van der Waals surface area contributed by atoms with Crippen LogP contribution in [-0.4, -0.2) is 31.9 Å². The summed E-state index contributed by atoms with van der Waals surface area (Å²) in [4.78, 5) is 0. The van der Waals surface area contributed by atoms with Gasteiger partial charge in [0.15, 0.2) is 0 Å². The zero-order valence-electron chi connectivity index (χ0n) is 16.7. The van der Waals surface area contributed by atoms with E-state index >= 15 is 0 Å². The van der Waals surface area contributed by atoms with Crippen molar-refractivity contribution in [1.29, 1.82) is 0 Å². The van der Waals surface area contributed by atoms with Gasteiger partial charge in [-0.25, -0.2) is 0 Å². The molecule has 0 amide bonds. The second kappa shape index (κ2) is 14.6. The van der Waals surface area contributed by atoms with Crippen LogP contribution in [0.5, 0.6) is 0 Å². The molecule has 1 unspecified atom stereocenters. The molecule has 0 saturated heterocycles. The lowest BCUT2D eigenvalue weighted by molar-refractivity contribution is -0.00000848. The molecule has 0 aliphatic rings. The molecule has 0 saturated carbocycles. The molecular formula is C22H40ClNO. The molecule has 146 valence electrons. The molecule has 2 nitrogen and oxygen atoms in total. The van der Waals surface area contributed by atoms with E-state index in [2.05, 4.69) is 45.3 Å². The predicted octanol–water partition coefficient (Wildman–Crippen LogP) is 2.93. The van der Waals surface area contributed by atoms with Crippen LogP contribution in [0.3, 0.4) is 0 Å². The third-order valence-electron chi connectivity index (χ3n) is 5.01. The van der Waals surface area contributed by atoms with Crippen LogP contribution >= 0.6 is 0 Å². The van der Waals surface area contributed by atoms with Gasteiger partial charge in [-0.05, 0) is 18.6 Å². The topological polar surface area (TPSA) is 20.2 Å². The number of quaternary nitrogens is 1. The Kier molecular flexibility index (Phi) is 14.3. The van der Waals surface area contributed by atoms with Gasteiger partial charge in [0.05, 0.1) is 14.1 Å². The number of nitrogens with zero attached hydrogens (tertiary/aromatic N) is 1. The maximum absolute atomic E-state index is 10.4. The zero-order valence-corrected chi connectivity index (χ0v) is 17.5. The standard InChI is InChI=1S/C22H40NO.ClH/c1-4-5-6-7-8-9-10-11-12-16-19-22(24)20-23(2,3)21-17-14-13-15-18-21;/h13-15,17-18,22,24H,4-12,16,19-20H2,1-3H3;1H/q+1;/p-1. The molecule has 0 fully saturated rings. The molecule has 25 heavy (non-hydrogen) atoms. The zero-order chi connectivity index (χ0) is 17.7. The first-order valence-corrected chi connectivity index (χ1v) is 10.1. The van der Waals surface area contributed by atoms with Crippen molar-refractivity contribution < 1.29 is 17.5 Å². The van der Waals surface area contributed by atoms with E-state index in [1.165, 1.54) is 63.5 Å². The highest BCUT2D eigenvalue weighted by molar-refractivity contribution is 5.41. The van der Waals surface area contributed by atoms with Crippen LogP contribution in [0, 0.1) is 0 Å². The van der Waals surface area contributed by atoms with Crippen LogP contribution < -0.4 is 16.9 Å². The molecule has 1 rings (SSSR count). The normalized spacial score (nSPS) is 12.6. The van der Waals surface area contributed by atoms with Crippen molar-refractivity contribution in [3.8, 4) is 0 Å². The average molecular weight is 370 g/mol. The lowest BCUT2D eigenvalue weighted by atomic mass is 10.0. The minimum atomic E-state index is -0.200. The van der Waals surface area contributed by atoms with Crippen molar-refractivity contribution in [2.24, 2.45) is 0 Å². The SMILES string of the molecule is CCCCCCCCCCCCC(O)C[N+](C)(C)c1ccccc1.[Cl-]. The fourth-order valence-electron chi connectivity index (χ4n) is 3.42. The van der Waals surface area contributed by atoms with Gasteiger partial charge in [0.1, 0.15) is 18.3 Å². The van der Waals surface area contributed by atoms with Gasteiger partial charge in [0.2, 0.25) is 0 Å². The highest BCUT2D eigenvalue weighted by atomic mass is 35.5. The highest BCUT2D eigenvalue weighted by Gasteiger charge is 2.22. The molecule has 0 bridgehead atoms. The van der Waals surface area contributed by atoms with Crippen molar-refractivity contribution in [2.45, 2.75) is 83.7 Å². The molecule has 0 aromatic heterocycles. The molecule has 0 spiro atoms. The number of unbranched alkanes of at least 4 members (excludes halogenated alkanes) is 9. The minimum Gasteiger partial charge on any atom is -1.00 e. The smallest absolute Gasteiger partial charge is 0.132 e. The van der Waals surface area contributed by atoms with Crippen molar-refractivity contribution in [3.05, 3.63) is 30.3 Å². The predicted molar refractivity (Wildman–Crippen MR) is 107 cm³/mol. The third kappa shape index (κ3) is 11.6. The van der Waals surface area contributed by atoms with Crippen LogP contribution in [0.15, 0.2) is 30.3 Å². The Hall–Kier alpha value is -0.570. The molecule has 0 aliphatic heterocycles. The van der Waals surface area contributed by atoms with Gasteiger partial charge in [-0.3, -0.25) is 4.48 Å². The summed E-state index contributed by atoms with van der Waals surface area (Å²) >= 11 is 0. The van der Waals surface area contributed by atoms with Crippen LogP contribution in [0.2, 0.25) is 0 Å². The molecule has 1 N–H and O–H groups in total. The highest BCUT2D eigenvalue weighted by Crippen LogP contribution is 2.20. The fourth-order valence-corrected chi connectivity index (χ4v) is 3.42. The summed E-state index contributed by atoms with van der Waals surface area (Å²) in [5.74, 6) is 0. The number of aliphatic hydroxyl groups excluding tert-OH is 1. The second-order valence-corrected chi connectivity index (χ2v) is 7.83. The number of halogens is 1. The fraction of sp³-hybridized carbons (Fsp3) is 0.727. The van der Waals surface area contributed by atoms with Crippen LogP contribution in [0.1, 0.15) is 77.6 Å². The lowest BCUT2D eigenvalue weighted by Gasteiger charge is -2.31. The Labute approximate surface area is 162 Å². The lowest BCUT2D eigenvalue weighted by Crippen LogP contribution is -3.00. The summed E-state index contributed by atoms with van der Waals surface area (Å²) in [6, 6.07) is 10.5. The quantitative estimate of drug-likeness (QED) is 0.395. The Morgan fingerprint density at radius 2 is 1.28 bits per heavy atom. The van der Waals surface area contributed by atoms with E-state index in [0.29, 0.717) is 0 Å². The molecule has 1 aromatic carbocycles. The van der Waals surface area contributed by atoms with Gasteiger partial charge in [-0.15, -0.1) is 0 Å². The Bertz CT molecular complexity index is 408. The Balaban J connectivity index is 0.00000576. The number of hydrogen-bond donors (Lipinski definition) is 1. The second-order valence-electron chi connectivity index (χ2n) is 7.83. The van der Waals surface area contributed by atoms with E-state index in [1.807, 2.05) is 6.07 Å². The van der Waals surface area contributed by atoms with Gasteiger partial charge in [-0.1, -0.05) is 89.3 Å². The van der Waals surface area contributed by atoms with E-state index in [4.69, 9.17) is 0 Å². The number of para-hydroxylation sites is 1. The molecule has 3 heteroatoms. The van der Waals surface area contributed by atoms with Crippen LogP contribution in [0.4, 0.5) is 5.69 Å². The number of benzene rings is 1. The van der Waals surface area contributed by atoms with E-state index in [-0.39, 0.29) is 18.5 Å². The number of likely N-dealkylation sites (N-methyl/N-ethyl adjacent to an activating group) is 1. The monoisotopic (exact) mass is 369 g/mol. The van der Waals surface area contributed by atoms with E-state index in [1.54, 1.807) is 0 Å². The Morgan fingerprint density at radius 3 is 1.80 bits per heavy atom. The molecule has 1 atom stereocenters.